The van der Waals surface area contributed by atoms with Crippen LogP contribution in [0.3, 0.4) is 0 Å². The summed E-state index contributed by atoms with van der Waals surface area (Å²) in [5, 5.41) is 4.30. The average molecular weight is 287 g/mol. The van der Waals surface area contributed by atoms with Crippen molar-refractivity contribution in [1.29, 1.82) is 0 Å². The number of aromatic nitrogens is 2. The predicted octanol–water partition coefficient (Wildman–Crippen LogP) is 3.84. The van der Waals surface area contributed by atoms with Gasteiger partial charge in [-0.2, -0.15) is 5.10 Å². The van der Waals surface area contributed by atoms with Gasteiger partial charge in [-0.3, -0.25) is 4.68 Å². The minimum absolute atomic E-state index is 0.160. The molecule has 0 aliphatic rings. The third-order valence-electron chi connectivity index (χ3n) is 3.56. The molecule has 0 aliphatic carbocycles. The molecule has 0 saturated heterocycles. The largest absolute Gasteiger partial charge is 0.454 e. The van der Waals surface area contributed by atoms with Crippen LogP contribution in [0, 0.1) is 6.92 Å². The number of benzene rings is 1. The second-order valence-corrected chi connectivity index (χ2v) is 5.84. The molecule has 2 aromatic rings. The van der Waals surface area contributed by atoms with E-state index in [0.717, 1.165) is 29.9 Å². The highest BCUT2D eigenvalue weighted by molar-refractivity contribution is 5.40. The molecule has 114 valence electrons. The highest BCUT2D eigenvalue weighted by Gasteiger charge is 2.11. The first kappa shape index (κ1) is 15.6. The van der Waals surface area contributed by atoms with Crippen molar-refractivity contribution in [2.24, 2.45) is 5.73 Å². The van der Waals surface area contributed by atoms with Crippen LogP contribution >= 0.6 is 0 Å². The Morgan fingerprint density at radius 1 is 1.33 bits per heavy atom. The lowest BCUT2D eigenvalue weighted by Gasteiger charge is -2.14. The van der Waals surface area contributed by atoms with Crippen molar-refractivity contribution in [3.8, 4) is 11.5 Å². The minimum atomic E-state index is 0.160. The molecule has 1 aromatic carbocycles. The van der Waals surface area contributed by atoms with Gasteiger partial charge >= 0.3 is 0 Å². The Balaban J connectivity index is 2.21. The van der Waals surface area contributed by atoms with E-state index < -0.39 is 0 Å². The van der Waals surface area contributed by atoms with Gasteiger partial charge in [0.2, 0.25) is 0 Å². The third kappa shape index (κ3) is 4.08. The number of ether oxygens (including phenoxy) is 1. The van der Waals surface area contributed by atoms with Crippen LogP contribution in [0.25, 0.3) is 0 Å². The molecule has 2 N–H and O–H groups in total. The van der Waals surface area contributed by atoms with Gasteiger partial charge in [0.25, 0.3) is 0 Å². The molecule has 4 nitrogen and oxygen atoms in total. The van der Waals surface area contributed by atoms with E-state index in [9.17, 15) is 0 Å². The fourth-order valence-corrected chi connectivity index (χ4v) is 2.18. The quantitative estimate of drug-likeness (QED) is 0.878. The minimum Gasteiger partial charge on any atom is -0.454 e. The first-order chi connectivity index (χ1) is 9.99. The molecular formula is C17H25N3O. The fourth-order valence-electron chi connectivity index (χ4n) is 2.18. The Hall–Kier alpha value is -1.81. The molecule has 4 heteroatoms. The lowest BCUT2D eigenvalue weighted by Crippen LogP contribution is -2.21. The SMILES string of the molecule is CCC(N)Cc1cc(C)ccc1Oc1cnn(C(C)C)c1. The van der Waals surface area contributed by atoms with Gasteiger partial charge in [-0.25, -0.2) is 0 Å². The maximum atomic E-state index is 6.09. The Kier molecular flexibility index (Phi) is 5.02. The lowest BCUT2D eigenvalue weighted by molar-refractivity contribution is 0.467. The third-order valence-corrected chi connectivity index (χ3v) is 3.56. The van der Waals surface area contributed by atoms with E-state index in [1.165, 1.54) is 5.56 Å². The molecule has 0 aliphatic heterocycles. The zero-order valence-corrected chi connectivity index (χ0v) is 13.3. The van der Waals surface area contributed by atoms with Crippen LogP contribution < -0.4 is 10.5 Å². The number of nitrogens with two attached hydrogens (primary N) is 1. The van der Waals surface area contributed by atoms with Gasteiger partial charge in [0.15, 0.2) is 5.75 Å². The molecule has 1 heterocycles. The number of aryl methyl sites for hydroxylation is 1. The highest BCUT2D eigenvalue weighted by atomic mass is 16.5. The van der Waals surface area contributed by atoms with Crippen LogP contribution in [0.15, 0.2) is 30.6 Å². The summed E-state index contributed by atoms with van der Waals surface area (Å²) >= 11 is 0. The van der Waals surface area contributed by atoms with E-state index in [0.29, 0.717) is 6.04 Å². The molecule has 0 amide bonds. The van der Waals surface area contributed by atoms with Crippen LogP contribution in [0.4, 0.5) is 0 Å². The van der Waals surface area contributed by atoms with Crippen LogP contribution in [-0.4, -0.2) is 15.8 Å². The van der Waals surface area contributed by atoms with Gasteiger partial charge in [0.05, 0.1) is 12.4 Å². The molecule has 1 aromatic heterocycles. The summed E-state index contributed by atoms with van der Waals surface area (Å²) in [6.07, 6.45) is 5.46. The van der Waals surface area contributed by atoms with Crippen LogP contribution in [0.1, 0.15) is 44.4 Å². The molecule has 2 rings (SSSR count). The Morgan fingerprint density at radius 3 is 2.71 bits per heavy atom. The molecule has 21 heavy (non-hydrogen) atoms. The van der Waals surface area contributed by atoms with Crippen LogP contribution in [-0.2, 0) is 6.42 Å². The molecular weight excluding hydrogens is 262 g/mol. The van der Waals surface area contributed by atoms with Gasteiger partial charge in [-0.15, -0.1) is 0 Å². The molecule has 0 radical (unpaired) electrons. The number of nitrogens with zero attached hydrogens (tertiary/aromatic N) is 2. The van der Waals surface area contributed by atoms with Gasteiger partial charge in [-0.1, -0.05) is 24.6 Å². The van der Waals surface area contributed by atoms with Gasteiger partial charge in [-0.05, 0) is 45.2 Å². The summed E-state index contributed by atoms with van der Waals surface area (Å²) in [5.41, 5.74) is 8.46. The molecule has 0 saturated carbocycles. The standard InChI is InChI=1S/C17H25N3O/c1-5-15(18)9-14-8-13(4)6-7-17(14)21-16-10-19-20(11-16)12(2)3/h6-8,10-12,15H,5,9,18H2,1-4H3. The van der Waals surface area contributed by atoms with Crippen molar-refractivity contribution < 1.29 is 4.74 Å². The van der Waals surface area contributed by atoms with Crippen molar-refractivity contribution in [3.05, 3.63) is 41.7 Å². The Bertz CT molecular complexity index is 589. The normalized spacial score (nSPS) is 12.7. The highest BCUT2D eigenvalue weighted by Crippen LogP contribution is 2.27. The number of rotatable bonds is 6. The van der Waals surface area contributed by atoms with Crippen LogP contribution in [0.5, 0.6) is 11.5 Å². The summed E-state index contributed by atoms with van der Waals surface area (Å²) in [7, 11) is 0. The summed E-state index contributed by atoms with van der Waals surface area (Å²) in [4.78, 5) is 0. The first-order valence-electron chi connectivity index (χ1n) is 7.56. The maximum absolute atomic E-state index is 6.09. The van der Waals surface area contributed by atoms with Crippen molar-refractivity contribution in [2.75, 3.05) is 0 Å². The fraction of sp³-hybridized carbons (Fsp3) is 0.471. The molecule has 0 bridgehead atoms. The van der Waals surface area contributed by atoms with Gasteiger partial charge in [0, 0.05) is 12.1 Å². The second-order valence-electron chi connectivity index (χ2n) is 5.84. The average Bonchev–Trinajstić information content (AvgIpc) is 2.90. The maximum Gasteiger partial charge on any atom is 0.165 e. The molecule has 1 unspecified atom stereocenters. The molecule has 0 spiro atoms. The predicted molar refractivity (Wildman–Crippen MR) is 85.8 cm³/mol. The smallest absolute Gasteiger partial charge is 0.165 e. The Labute approximate surface area is 126 Å². The van der Waals surface area contributed by atoms with E-state index in [1.54, 1.807) is 6.20 Å². The Morgan fingerprint density at radius 2 is 2.10 bits per heavy atom. The molecule has 1 atom stereocenters. The lowest BCUT2D eigenvalue weighted by atomic mass is 10.0. The van der Waals surface area contributed by atoms with E-state index in [1.807, 2.05) is 16.9 Å². The second kappa shape index (κ2) is 6.76. The summed E-state index contributed by atoms with van der Waals surface area (Å²) in [6, 6.07) is 6.71. The van der Waals surface area contributed by atoms with Crippen molar-refractivity contribution >= 4 is 0 Å². The monoisotopic (exact) mass is 287 g/mol. The van der Waals surface area contributed by atoms with E-state index >= 15 is 0 Å². The zero-order valence-electron chi connectivity index (χ0n) is 13.3. The van der Waals surface area contributed by atoms with Crippen LogP contribution in [0.2, 0.25) is 0 Å². The van der Waals surface area contributed by atoms with Crippen molar-refractivity contribution in [1.82, 2.24) is 9.78 Å². The van der Waals surface area contributed by atoms with Gasteiger partial charge < -0.3 is 10.5 Å². The van der Waals surface area contributed by atoms with E-state index in [4.69, 9.17) is 10.5 Å². The molecule has 0 fully saturated rings. The van der Waals surface area contributed by atoms with E-state index in [2.05, 4.69) is 44.9 Å². The summed E-state index contributed by atoms with van der Waals surface area (Å²) in [5.74, 6) is 1.63. The number of hydrogen-bond donors (Lipinski definition) is 1. The van der Waals surface area contributed by atoms with Crippen molar-refractivity contribution in [2.45, 2.75) is 52.6 Å². The van der Waals surface area contributed by atoms with E-state index in [-0.39, 0.29) is 6.04 Å². The zero-order chi connectivity index (χ0) is 15.4. The summed E-state index contributed by atoms with van der Waals surface area (Å²) in [6.45, 7) is 8.37. The first-order valence-corrected chi connectivity index (χ1v) is 7.56. The summed E-state index contributed by atoms with van der Waals surface area (Å²) < 4.78 is 7.89. The van der Waals surface area contributed by atoms with Gasteiger partial charge in [0.1, 0.15) is 5.75 Å². The number of hydrogen-bond acceptors (Lipinski definition) is 3. The topological polar surface area (TPSA) is 53.1 Å². The van der Waals surface area contributed by atoms with Crippen molar-refractivity contribution in [3.63, 3.8) is 0 Å².